The molecule has 2 aromatic rings. The summed E-state index contributed by atoms with van der Waals surface area (Å²) in [5.74, 6) is 1.58. The van der Waals surface area contributed by atoms with Crippen LogP contribution < -0.4 is 15.4 Å². The van der Waals surface area contributed by atoms with E-state index in [0.717, 1.165) is 34.3 Å². The Bertz CT molecular complexity index is 713. The molecule has 0 aliphatic heterocycles. The molecule has 0 saturated heterocycles. The van der Waals surface area contributed by atoms with E-state index in [1.54, 1.807) is 14.2 Å². The van der Waals surface area contributed by atoms with Crippen LogP contribution in [0.15, 0.2) is 53.5 Å². The number of ether oxygens (including phenoxy) is 2. The summed E-state index contributed by atoms with van der Waals surface area (Å²) in [6.45, 7) is 2.61. The molecule has 148 valence electrons. The lowest BCUT2D eigenvalue weighted by atomic mass is 10.2. The van der Waals surface area contributed by atoms with Crippen LogP contribution in [0, 0.1) is 0 Å². The molecule has 27 heavy (non-hydrogen) atoms. The number of aliphatic imine (C=N–C) groups is 1. The molecule has 0 unspecified atom stereocenters. The van der Waals surface area contributed by atoms with E-state index in [4.69, 9.17) is 21.1 Å². The second-order valence-corrected chi connectivity index (χ2v) is 6.12. The van der Waals surface area contributed by atoms with E-state index in [-0.39, 0.29) is 24.0 Å². The Morgan fingerprint density at radius 3 is 2.56 bits per heavy atom. The highest BCUT2D eigenvalue weighted by atomic mass is 127. The van der Waals surface area contributed by atoms with E-state index in [0.29, 0.717) is 26.3 Å². The van der Waals surface area contributed by atoms with Crippen molar-refractivity contribution in [2.75, 3.05) is 27.4 Å². The third-order valence-electron chi connectivity index (χ3n) is 3.75. The first-order chi connectivity index (χ1) is 12.7. The maximum absolute atomic E-state index is 6.18. The van der Waals surface area contributed by atoms with E-state index in [1.165, 1.54) is 0 Å². The molecule has 2 aromatic carbocycles. The molecule has 0 aromatic heterocycles. The minimum absolute atomic E-state index is 0. The Morgan fingerprint density at radius 2 is 1.81 bits per heavy atom. The fourth-order valence-electron chi connectivity index (χ4n) is 2.37. The second-order valence-electron chi connectivity index (χ2n) is 5.71. The summed E-state index contributed by atoms with van der Waals surface area (Å²) in [7, 11) is 3.44. The zero-order valence-corrected chi connectivity index (χ0v) is 18.8. The number of hydrogen-bond acceptors (Lipinski definition) is 3. The zero-order chi connectivity index (χ0) is 18.6. The van der Waals surface area contributed by atoms with Gasteiger partial charge in [0.15, 0.2) is 5.96 Å². The molecule has 0 radical (unpaired) electrons. The van der Waals surface area contributed by atoms with Crippen molar-refractivity contribution in [1.29, 1.82) is 0 Å². The molecule has 0 bridgehead atoms. The molecule has 0 heterocycles. The number of nitrogens with one attached hydrogen (secondary N) is 2. The van der Waals surface area contributed by atoms with Gasteiger partial charge in [-0.1, -0.05) is 41.9 Å². The first-order valence-corrected chi connectivity index (χ1v) is 8.99. The normalized spacial score (nSPS) is 10.9. The van der Waals surface area contributed by atoms with E-state index in [1.807, 2.05) is 42.5 Å². The van der Waals surface area contributed by atoms with Crippen molar-refractivity contribution in [2.24, 2.45) is 4.99 Å². The number of hydrogen-bond donors (Lipinski definition) is 2. The number of methoxy groups -OCH3 is 1. The standard InChI is InChI=1S/C20H26ClN3O2.HI/c1-22-20(24-15-17-8-3-4-10-19(17)21)23-14-16-7-5-9-18(13-16)26-12-6-11-25-2;/h3-5,7-10,13H,6,11-12,14-15H2,1-2H3,(H2,22,23,24);1H. The van der Waals surface area contributed by atoms with Gasteiger partial charge in [0.1, 0.15) is 5.75 Å². The number of rotatable bonds is 9. The molecule has 0 saturated carbocycles. The maximum atomic E-state index is 6.18. The van der Waals surface area contributed by atoms with Gasteiger partial charge in [-0.2, -0.15) is 0 Å². The average molecular weight is 504 g/mol. The average Bonchev–Trinajstić information content (AvgIpc) is 2.67. The summed E-state index contributed by atoms with van der Waals surface area (Å²) >= 11 is 6.18. The lowest BCUT2D eigenvalue weighted by Gasteiger charge is -2.13. The van der Waals surface area contributed by atoms with Gasteiger partial charge in [-0.15, -0.1) is 24.0 Å². The second kappa shape index (κ2) is 13.6. The summed E-state index contributed by atoms with van der Waals surface area (Å²) in [6, 6.07) is 15.8. The summed E-state index contributed by atoms with van der Waals surface area (Å²) in [5.41, 5.74) is 2.15. The van der Waals surface area contributed by atoms with Crippen molar-refractivity contribution in [3.8, 4) is 5.75 Å². The highest BCUT2D eigenvalue weighted by molar-refractivity contribution is 14.0. The van der Waals surface area contributed by atoms with Crippen LogP contribution in [-0.4, -0.2) is 33.3 Å². The molecule has 0 aliphatic carbocycles. The number of benzene rings is 2. The number of guanidine groups is 1. The molecule has 7 heteroatoms. The van der Waals surface area contributed by atoms with Gasteiger partial charge < -0.3 is 20.1 Å². The van der Waals surface area contributed by atoms with Crippen molar-refractivity contribution in [2.45, 2.75) is 19.5 Å². The zero-order valence-electron chi connectivity index (χ0n) is 15.7. The molecule has 0 fully saturated rings. The van der Waals surface area contributed by atoms with E-state index in [9.17, 15) is 0 Å². The third-order valence-corrected chi connectivity index (χ3v) is 4.12. The van der Waals surface area contributed by atoms with Gasteiger partial charge in [0.05, 0.1) is 6.61 Å². The lowest BCUT2D eigenvalue weighted by molar-refractivity contribution is 0.172. The predicted octanol–water partition coefficient (Wildman–Crippen LogP) is 4.24. The molecule has 5 nitrogen and oxygen atoms in total. The predicted molar refractivity (Wildman–Crippen MR) is 122 cm³/mol. The van der Waals surface area contributed by atoms with Crippen LogP contribution in [0.1, 0.15) is 17.5 Å². The third kappa shape index (κ3) is 8.81. The SMILES string of the molecule is CN=C(NCc1cccc(OCCCOC)c1)NCc1ccccc1Cl.I. The van der Waals surface area contributed by atoms with E-state index in [2.05, 4.69) is 21.7 Å². The maximum Gasteiger partial charge on any atom is 0.191 e. The fraction of sp³-hybridized carbons (Fsp3) is 0.350. The Kier molecular flexibility index (Phi) is 11.9. The van der Waals surface area contributed by atoms with Gasteiger partial charge in [0, 0.05) is 45.3 Å². The molecule has 0 atom stereocenters. The van der Waals surface area contributed by atoms with Crippen molar-refractivity contribution in [3.05, 3.63) is 64.7 Å². The highest BCUT2D eigenvalue weighted by Gasteiger charge is 2.03. The Morgan fingerprint density at radius 1 is 1.04 bits per heavy atom. The van der Waals surface area contributed by atoms with E-state index >= 15 is 0 Å². The molecule has 0 amide bonds. The van der Waals surface area contributed by atoms with Crippen LogP contribution in [0.3, 0.4) is 0 Å². The van der Waals surface area contributed by atoms with Gasteiger partial charge in [0.2, 0.25) is 0 Å². The summed E-state index contributed by atoms with van der Waals surface area (Å²) in [5, 5.41) is 7.31. The van der Waals surface area contributed by atoms with Gasteiger partial charge in [-0.05, 0) is 29.3 Å². The minimum Gasteiger partial charge on any atom is -0.493 e. The van der Waals surface area contributed by atoms with Gasteiger partial charge in [0.25, 0.3) is 0 Å². The quantitative estimate of drug-likeness (QED) is 0.233. The van der Waals surface area contributed by atoms with E-state index < -0.39 is 0 Å². The van der Waals surface area contributed by atoms with Crippen LogP contribution in [0.25, 0.3) is 0 Å². The number of nitrogens with zero attached hydrogens (tertiary/aromatic N) is 1. The summed E-state index contributed by atoms with van der Waals surface area (Å²) in [4.78, 5) is 4.25. The Labute approximate surface area is 183 Å². The van der Waals surface area contributed by atoms with Crippen LogP contribution in [0.4, 0.5) is 0 Å². The largest absolute Gasteiger partial charge is 0.493 e. The smallest absolute Gasteiger partial charge is 0.191 e. The van der Waals surface area contributed by atoms with Gasteiger partial charge in [-0.3, -0.25) is 4.99 Å². The monoisotopic (exact) mass is 503 g/mol. The van der Waals surface area contributed by atoms with Crippen molar-refractivity contribution in [1.82, 2.24) is 10.6 Å². The first-order valence-electron chi connectivity index (χ1n) is 8.61. The number of halogens is 2. The van der Waals surface area contributed by atoms with Crippen LogP contribution in [0.2, 0.25) is 5.02 Å². The Hall–Kier alpha value is -1.51. The molecule has 2 N–H and O–H groups in total. The highest BCUT2D eigenvalue weighted by Crippen LogP contribution is 2.15. The topological polar surface area (TPSA) is 54.9 Å². The van der Waals surface area contributed by atoms with Crippen molar-refractivity contribution >= 4 is 41.5 Å². The van der Waals surface area contributed by atoms with Crippen molar-refractivity contribution in [3.63, 3.8) is 0 Å². The molecular formula is C20H27ClIN3O2. The molecular weight excluding hydrogens is 477 g/mol. The van der Waals surface area contributed by atoms with Crippen molar-refractivity contribution < 1.29 is 9.47 Å². The first kappa shape index (κ1) is 23.5. The molecule has 0 spiro atoms. The summed E-state index contributed by atoms with van der Waals surface area (Å²) in [6.07, 6.45) is 0.873. The Balaban J connectivity index is 0.00000364. The van der Waals surface area contributed by atoms with Gasteiger partial charge in [-0.25, -0.2) is 0 Å². The minimum atomic E-state index is 0. The fourth-order valence-corrected chi connectivity index (χ4v) is 2.57. The lowest BCUT2D eigenvalue weighted by Crippen LogP contribution is -2.36. The molecule has 2 rings (SSSR count). The van der Waals surface area contributed by atoms with Crippen LogP contribution >= 0.6 is 35.6 Å². The molecule has 0 aliphatic rings. The van der Waals surface area contributed by atoms with Crippen LogP contribution in [0.5, 0.6) is 5.75 Å². The van der Waals surface area contributed by atoms with Gasteiger partial charge >= 0.3 is 0 Å². The van der Waals surface area contributed by atoms with Crippen LogP contribution in [-0.2, 0) is 17.8 Å². The summed E-state index contributed by atoms with van der Waals surface area (Å²) < 4.78 is 10.8.